The van der Waals surface area contributed by atoms with E-state index in [1.807, 2.05) is 43.3 Å². The van der Waals surface area contributed by atoms with E-state index in [0.717, 1.165) is 24.5 Å². The first-order chi connectivity index (χ1) is 33.0. The number of ether oxygens (including phenoxy) is 8. The highest BCUT2D eigenvalue weighted by Crippen LogP contribution is 2.50. The molecule has 3 fully saturated rings. The van der Waals surface area contributed by atoms with Crippen LogP contribution in [-0.2, 0) is 63.7 Å². The average molecular weight is 979 g/mol. The molecule has 4 N–H and O–H groups in total. The van der Waals surface area contributed by atoms with Gasteiger partial charge in [0, 0.05) is 62.7 Å². The number of aliphatic hydroxyl groups is 4. The summed E-state index contributed by atoms with van der Waals surface area (Å²) in [6.07, 6.45) is 4.74. The van der Waals surface area contributed by atoms with E-state index < -0.39 is 101 Å². The molecule has 0 aromatic heterocycles. The Morgan fingerprint density at radius 1 is 0.886 bits per heavy atom. The van der Waals surface area contributed by atoms with E-state index in [1.54, 1.807) is 45.9 Å². The third-order valence-electron chi connectivity index (χ3n) is 13.5. The molecule has 16 nitrogen and oxygen atoms in total. The Bertz CT molecular complexity index is 2140. The molecule has 0 amide bonds. The van der Waals surface area contributed by atoms with Crippen LogP contribution in [0.1, 0.15) is 118 Å². The Kier molecular flexibility index (Phi) is 19.6. The second-order valence-electron chi connectivity index (χ2n) is 20.0. The minimum Gasteiger partial charge on any atom is -0.493 e. The normalized spacial score (nSPS) is 33.7. The van der Waals surface area contributed by atoms with Crippen LogP contribution in [0.5, 0.6) is 0 Å². The second kappa shape index (κ2) is 24.5. The van der Waals surface area contributed by atoms with Gasteiger partial charge in [0.25, 0.3) is 0 Å². The van der Waals surface area contributed by atoms with Crippen LogP contribution in [-0.4, -0.2) is 118 Å². The number of aliphatic hydroxyl groups excluding tert-OH is 2. The van der Waals surface area contributed by atoms with Gasteiger partial charge in [0.1, 0.15) is 18.8 Å². The number of esters is 4. The maximum Gasteiger partial charge on any atom is 0.331 e. The van der Waals surface area contributed by atoms with E-state index in [2.05, 4.69) is 6.58 Å². The number of carbonyl (C=O) groups excluding carboxylic acids is 4. The van der Waals surface area contributed by atoms with E-state index in [4.69, 9.17) is 37.9 Å². The van der Waals surface area contributed by atoms with Crippen molar-refractivity contribution in [2.24, 2.45) is 10.8 Å². The predicted octanol–water partition coefficient (Wildman–Crippen LogP) is 6.84. The Labute approximate surface area is 412 Å². The van der Waals surface area contributed by atoms with E-state index in [1.165, 1.54) is 39.2 Å². The quantitative estimate of drug-likeness (QED) is 0.0586. The van der Waals surface area contributed by atoms with Crippen LogP contribution in [0.25, 0.3) is 0 Å². The van der Waals surface area contributed by atoms with Crippen molar-refractivity contribution in [3.63, 3.8) is 0 Å². The Hall–Kier alpha value is -4.94. The first-order valence-electron chi connectivity index (χ1n) is 24.2. The summed E-state index contributed by atoms with van der Waals surface area (Å²) in [6, 6.07) is 9.22. The summed E-state index contributed by atoms with van der Waals surface area (Å²) in [5, 5.41) is 48.4. The summed E-state index contributed by atoms with van der Waals surface area (Å²) in [6.45, 7) is 15.6. The fourth-order valence-electron chi connectivity index (χ4n) is 9.40. The van der Waals surface area contributed by atoms with Gasteiger partial charge in [0.15, 0.2) is 11.9 Å². The third kappa shape index (κ3) is 14.8. The van der Waals surface area contributed by atoms with Crippen molar-refractivity contribution in [3.05, 3.63) is 108 Å². The van der Waals surface area contributed by atoms with Crippen LogP contribution in [0.2, 0.25) is 0 Å². The van der Waals surface area contributed by atoms with Crippen LogP contribution in [0.4, 0.5) is 0 Å². The summed E-state index contributed by atoms with van der Waals surface area (Å²) in [4.78, 5) is 52.4. The highest BCUT2D eigenvalue weighted by molar-refractivity contribution is 5.85. The first-order valence-corrected chi connectivity index (χ1v) is 24.2. The third-order valence-corrected chi connectivity index (χ3v) is 13.5. The van der Waals surface area contributed by atoms with Crippen molar-refractivity contribution in [1.29, 1.82) is 0 Å². The van der Waals surface area contributed by atoms with Gasteiger partial charge in [-0.2, -0.15) is 0 Å². The molecule has 0 saturated carbocycles. The second-order valence-corrected chi connectivity index (χ2v) is 20.0. The number of unbranched alkanes of at least 4 members (excludes halogenated alkanes) is 1. The lowest BCUT2D eigenvalue weighted by molar-refractivity contribution is -0.348. The fourth-order valence-corrected chi connectivity index (χ4v) is 9.40. The van der Waals surface area contributed by atoms with E-state index in [9.17, 15) is 39.6 Å². The Morgan fingerprint density at radius 3 is 2.29 bits per heavy atom. The molecule has 386 valence electrons. The zero-order valence-electron chi connectivity index (χ0n) is 41.9. The van der Waals surface area contributed by atoms with Gasteiger partial charge in [-0.15, -0.1) is 0 Å². The molecule has 1 aromatic rings. The number of allylic oxidation sites excluding steroid dienone is 3. The highest BCUT2D eigenvalue weighted by atomic mass is 16.7. The zero-order valence-corrected chi connectivity index (χ0v) is 41.9. The van der Waals surface area contributed by atoms with Crippen LogP contribution < -0.4 is 0 Å². The van der Waals surface area contributed by atoms with Gasteiger partial charge in [-0.05, 0) is 43.7 Å². The summed E-state index contributed by atoms with van der Waals surface area (Å²) < 4.78 is 48.5. The molecule has 0 spiro atoms. The Morgan fingerprint density at radius 2 is 1.61 bits per heavy atom. The number of hydrogen-bond acceptors (Lipinski definition) is 16. The molecule has 5 rings (SSSR count). The lowest BCUT2D eigenvalue weighted by Gasteiger charge is -2.53. The lowest BCUT2D eigenvalue weighted by Crippen LogP contribution is -2.62. The van der Waals surface area contributed by atoms with Crippen molar-refractivity contribution in [3.8, 4) is 0 Å². The van der Waals surface area contributed by atoms with Crippen LogP contribution in [0, 0.1) is 10.8 Å². The van der Waals surface area contributed by atoms with Crippen molar-refractivity contribution >= 4 is 23.9 Å². The lowest BCUT2D eigenvalue weighted by atomic mass is 9.70. The molecule has 11 atom stereocenters. The molecule has 16 heteroatoms. The number of hydrogen-bond donors (Lipinski definition) is 4. The van der Waals surface area contributed by atoms with Crippen molar-refractivity contribution in [2.45, 2.75) is 186 Å². The molecule has 1 aromatic carbocycles. The molecule has 4 aliphatic heterocycles. The van der Waals surface area contributed by atoms with Crippen molar-refractivity contribution < 1.29 is 77.5 Å². The van der Waals surface area contributed by atoms with Crippen molar-refractivity contribution in [1.82, 2.24) is 0 Å². The molecule has 1 unspecified atom stereocenters. The summed E-state index contributed by atoms with van der Waals surface area (Å²) in [7, 11) is 1.19. The molecule has 0 radical (unpaired) electrons. The van der Waals surface area contributed by atoms with Gasteiger partial charge in [0.2, 0.25) is 5.79 Å². The van der Waals surface area contributed by atoms with Crippen molar-refractivity contribution in [2.75, 3.05) is 7.11 Å². The molecule has 0 aliphatic carbocycles. The minimum absolute atomic E-state index is 0.0347. The van der Waals surface area contributed by atoms with Gasteiger partial charge in [-0.25, -0.2) is 14.4 Å². The monoisotopic (exact) mass is 978 g/mol. The molecular formula is C54H74O16. The maximum absolute atomic E-state index is 13.5. The summed E-state index contributed by atoms with van der Waals surface area (Å²) in [5.41, 5.74) is -1.13. The van der Waals surface area contributed by atoms with Gasteiger partial charge < -0.3 is 58.3 Å². The molecule has 70 heavy (non-hydrogen) atoms. The zero-order chi connectivity index (χ0) is 51.4. The minimum atomic E-state index is -2.42. The van der Waals surface area contributed by atoms with Gasteiger partial charge in [-0.3, -0.25) is 4.79 Å². The van der Waals surface area contributed by atoms with Crippen LogP contribution in [0.3, 0.4) is 0 Å². The molecular weight excluding hydrogens is 905 g/mol. The topological polar surface area (TPSA) is 223 Å². The largest absolute Gasteiger partial charge is 0.493 e. The highest BCUT2D eigenvalue weighted by Gasteiger charge is 2.59. The predicted molar refractivity (Wildman–Crippen MR) is 257 cm³/mol. The first kappa shape index (κ1) is 56.0. The van der Waals surface area contributed by atoms with Crippen LogP contribution >= 0.6 is 0 Å². The summed E-state index contributed by atoms with van der Waals surface area (Å²) >= 11 is 0. The van der Waals surface area contributed by atoms with Gasteiger partial charge >= 0.3 is 23.9 Å². The molecule has 4 aliphatic rings. The Balaban J connectivity index is 1.63. The molecule has 6 bridgehead atoms. The smallest absolute Gasteiger partial charge is 0.331 e. The van der Waals surface area contributed by atoms with Gasteiger partial charge in [0.05, 0.1) is 54.9 Å². The number of methoxy groups -OCH3 is 1. The average Bonchev–Trinajstić information content (AvgIpc) is 3.27. The number of carbonyl (C=O) groups is 4. The molecule has 4 heterocycles. The molecule has 3 saturated heterocycles. The number of benzene rings is 1. The SMILES string of the molecule is C=C1CC(O)C[C@@H]2C[C@H](OC(C)=O)C(C)(C)[C@](O)(C[C@@H]3C/C(=C\C(=O)OCc4ccccc4)C[C@H](/C=C/C(C)(C)[C@]4(O)O[C@@H](C/C(=C\C(=O)OC)[C@@H]4OC(=O)/C=C/C=C/CCC)C[C@H]([C@@H](C)O)O1)O3)O2. The van der Waals surface area contributed by atoms with E-state index in [0.29, 0.717) is 5.57 Å². The van der Waals surface area contributed by atoms with E-state index >= 15 is 0 Å². The maximum atomic E-state index is 13.5. The van der Waals surface area contributed by atoms with Gasteiger partial charge in [-0.1, -0.05) is 114 Å². The number of fused-ring (bicyclic) bond motifs is 6. The van der Waals surface area contributed by atoms with E-state index in [-0.39, 0.29) is 69.3 Å². The standard InChI is InChI=1S/C54H74O16/c1-10-11-12-13-17-20-47(58)68-50-39(28-48(59)63-9)27-42-30-45(35(3)55)65-34(2)23-40(57)29-43-31-46(66-36(4)56)52(7,8)53(61,69-43)32-44-25-38(26-49(60)64-33-37-18-15-14-16-19-37)24-41(67-44)21-22-51(5,6)54(50,62)70-42/h12-22,26,28,35,40-46,50,55,57,61-62H,2,10-11,23-25,27,29-33H2,1,3-9H3/b13-12+,20-17+,22-21+,38-26-,39-28+/t35-,40?,41+,42+,43-,44+,45-,46+,50+,53+,54-/m1/s1. The number of rotatable bonds is 11. The summed E-state index contributed by atoms with van der Waals surface area (Å²) in [5.74, 6) is -7.11. The fraction of sp³-hybridized carbons (Fsp3) is 0.593. The van der Waals surface area contributed by atoms with Crippen LogP contribution in [0.15, 0.2) is 102 Å².